The van der Waals surface area contributed by atoms with Crippen molar-refractivity contribution in [2.24, 2.45) is 0 Å². The summed E-state index contributed by atoms with van der Waals surface area (Å²) in [4.78, 5) is 4.93. The van der Waals surface area contributed by atoms with Gasteiger partial charge in [-0.15, -0.1) is 0 Å². The number of rotatable bonds is 5. The third-order valence-electron chi connectivity index (χ3n) is 13.8. The second-order valence-electron chi connectivity index (χ2n) is 21.4. The summed E-state index contributed by atoms with van der Waals surface area (Å²) >= 11 is 2.53. The SMILES string of the molecule is CC(C)(C)c1cc(Oc2ccc3c4cc5c6cccc7c8ccccc8n(c5cc4n(-c4ccccn4)c3c2)c76)cc(-n2[c](=[Pt])n(-c3cc(C(C)(C)C)cc(C(C)(C)C)c3)c3ccccc32)c1. The molecule has 0 saturated heterocycles. The Morgan fingerprint density at radius 2 is 0.940 bits per heavy atom. The van der Waals surface area contributed by atoms with Crippen LogP contribution in [0.15, 0.2) is 158 Å². The number of hydrogen-bond acceptors (Lipinski definition) is 2. The van der Waals surface area contributed by atoms with Crippen LogP contribution in [-0.4, -0.2) is 23.1 Å². The van der Waals surface area contributed by atoms with Gasteiger partial charge in [0, 0.05) is 27.7 Å². The van der Waals surface area contributed by atoms with Gasteiger partial charge in [0.25, 0.3) is 0 Å². The molecule has 0 N–H and O–H groups in total. The maximum atomic E-state index is 7.06. The Bertz CT molecular complexity index is 4000. The normalized spacial score (nSPS) is 12.9. The Kier molecular flexibility index (Phi) is 9.09. The summed E-state index contributed by atoms with van der Waals surface area (Å²) < 4.78 is 17.7. The first-order valence-corrected chi connectivity index (χ1v) is 24.4. The van der Waals surface area contributed by atoms with E-state index in [9.17, 15) is 0 Å². The fourth-order valence-corrected chi connectivity index (χ4v) is 11.4. The number of benzene rings is 7. The summed E-state index contributed by atoms with van der Waals surface area (Å²) in [6, 6.07) is 55.5. The van der Waals surface area contributed by atoms with Gasteiger partial charge in [0.2, 0.25) is 0 Å². The molecule has 7 heteroatoms. The summed E-state index contributed by atoms with van der Waals surface area (Å²) in [5.74, 6) is 2.41. The van der Waals surface area contributed by atoms with Gasteiger partial charge in [-0.2, -0.15) is 0 Å². The van der Waals surface area contributed by atoms with E-state index < -0.39 is 0 Å². The molecular formula is C60H53N5OPt. The van der Waals surface area contributed by atoms with Crippen molar-refractivity contribution in [3.05, 3.63) is 178 Å². The van der Waals surface area contributed by atoms with Gasteiger partial charge in [-0.25, -0.2) is 0 Å². The van der Waals surface area contributed by atoms with Gasteiger partial charge in [0.15, 0.2) is 0 Å². The molecule has 12 aromatic rings. The summed E-state index contributed by atoms with van der Waals surface area (Å²) in [5.41, 5.74) is 14.0. The average Bonchev–Trinajstić information content (AvgIpc) is 4.00. The molecule has 5 heterocycles. The fourth-order valence-electron chi connectivity index (χ4n) is 10.3. The van der Waals surface area contributed by atoms with Crippen LogP contribution < -0.4 is 4.74 Å². The topological polar surface area (TPSA) is 41.3 Å². The van der Waals surface area contributed by atoms with E-state index in [1.165, 1.54) is 65.9 Å². The van der Waals surface area contributed by atoms with Crippen LogP contribution in [0.4, 0.5) is 0 Å². The van der Waals surface area contributed by atoms with Crippen LogP contribution >= 0.6 is 0 Å². The predicted molar refractivity (Wildman–Crippen MR) is 275 cm³/mol. The third-order valence-corrected chi connectivity index (χ3v) is 14.8. The summed E-state index contributed by atoms with van der Waals surface area (Å²) in [5, 5.41) is 7.40. The van der Waals surface area contributed by atoms with Gasteiger partial charge < -0.3 is 4.40 Å². The number of fused-ring (bicyclic) bond motifs is 10. The van der Waals surface area contributed by atoms with Crippen LogP contribution in [0.5, 0.6) is 11.5 Å². The molecule has 0 spiro atoms. The van der Waals surface area contributed by atoms with E-state index in [4.69, 9.17) is 9.72 Å². The van der Waals surface area contributed by atoms with Crippen LogP contribution in [0.3, 0.4) is 0 Å². The van der Waals surface area contributed by atoms with Crippen LogP contribution in [0, 0.1) is 3.80 Å². The van der Waals surface area contributed by atoms with E-state index in [0.29, 0.717) is 0 Å². The van der Waals surface area contributed by atoms with Gasteiger partial charge in [-0.05, 0) is 12.1 Å². The second kappa shape index (κ2) is 14.6. The molecule has 0 aliphatic carbocycles. The number of imidazole rings is 1. The molecule has 0 unspecified atom stereocenters. The van der Waals surface area contributed by atoms with Crippen LogP contribution in [0.1, 0.15) is 79.0 Å². The molecule has 0 amide bonds. The zero-order valence-electron chi connectivity index (χ0n) is 39.5. The van der Waals surface area contributed by atoms with E-state index in [-0.39, 0.29) is 16.2 Å². The minimum atomic E-state index is -0.147. The van der Waals surface area contributed by atoms with E-state index in [1.807, 2.05) is 12.3 Å². The molecule has 0 fully saturated rings. The molecular weight excluding hydrogens is 1000 g/mol. The Labute approximate surface area is 401 Å². The van der Waals surface area contributed by atoms with Crippen molar-refractivity contribution in [3.8, 4) is 28.7 Å². The Balaban J connectivity index is 1.04. The minimum absolute atomic E-state index is 0.0137. The van der Waals surface area contributed by atoms with E-state index in [0.717, 1.165) is 54.3 Å². The fraction of sp³-hybridized carbons (Fsp3) is 0.200. The Morgan fingerprint density at radius 3 is 1.58 bits per heavy atom. The van der Waals surface area contributed by atoms with E-state index in [2.05, 4.69) is 245 Å². The maximum absolute atomic E-state index is 7.06. The Morgan fingerprint density at radius 1 is 0.403 bits per heavy atom. The number of aromatic nitrogens is 5. The van der Waals surface area contributed by atoms with Crippen LogP contribution in [0.25, 0.3) is 88.1 Å². The second-order valence-corrected chi connectivity index (χ2v) is 22.4. The first-order valence-electron chi connectivity index (χ1n) is 23.3. The molecule has 334 valence electrons. The van der Waals surface area contributed by atoms with Crippen molar-refractivity contribution in [2.45, 2.75) is 78.6 Å². The van der Waals surface area contributed by atoms with E-state index in [1.54, 1.807) is 0 Å². The van der Waals surface area contributed by atoms with Gasteiger partial charge in [-0.1, -0.05) is 42.5 Å². The zero-order chi connectivity index (χ0) is 46.3. The first kappa shape index (κ1) is 41.7. The van der Waals surface area contributed by atoms with Crippen molar-refractivity contribution in [1.29, 1.82) is 0 Å². The molecule has 6 nitrogen and oxygen atoms in total. The average molecular weight is 1060 g/mol. The Hall–Kier alpha value is -6.75. The molecule has 67 heavy (non-hydrogen) atoms. The predicted octanol–water partition coefficient (Wildman–Crippen LogP) is 15.8. The molecule has 12 rings (SSSR count). The number of para-hydroxylation sites is 4. The van der Waals surface area contributed by atoms with Gasteiger partial charge in [0.1, 0.15) is 0 Å². The molecule has 0 aliphatic heterocycles. The summed E-state index contributed by atoms with van der Waals surface area (Å²) in [6.07, 6.45) is 1.87. The monoisotopic (exact) mass is 1050 g/mol. The van der Waals surface area contributed by atoms with Crippen LogP contribution in [0.2, 0.25) is 0 Å². The summed E-state index contributed by atoms with van der Waals surface area (Å²) in [7, 11) is 0. The number of pyridine rings is 1. The third kappa shape index (κ3) is 6.54. The van der Waals surface area contributed by atoms with Crippen molar-refractivity contribution in [2.75, 3.05) is 0 Å². The van der Waals surface area contributed by atoms with E-state index >= 15 is 0 Å². The molecule has 0 radical (unpaired) electrons. The first-order chi connectivity index (χ1) is 32.0. The van der Waals surface area contributed by atoms with Crippen molar-refractivity contribution in [3.63, 3.8) is 0 Å². The molecule has 0 bridgehead atoms. The number of nitrogens with zero attached hydrogens (tertiary/aromatic N) is 5. The number of ether oxygens (including phenoxy) is 1. The van der Waals surface area contributed by atoms with Crippen LogP contribution in [-0.2, 0) is 35.6 Å². The van der Waals surface area contributed by atoms with Crippen molar-refractivity contribution >= 4 is 70.9 Å². The number of hydrogen-bond donors (Lipinski definition) is 0. The molecule has 0 saturated carbocycles. The quantitative estimate of drug-likeness (QED) is 0.172. The molecule has 5 aromatic heterocycles. The van der Waals surface area contributed by atoms with Gasteiger partial charge >= 0.3 is 300 Å². The standard InChI is InChI=1S/C60H53N5O.Pt/c1-58(2,3)37-27-38(59(4,5)6)29-40(28-37)62-36-63(52-22-13-12-21-51(52)62)41-30-39(60(7,8)9)31-43(32-41)66-42-24-25-45-48-34-49-47-19-16-18-46-44-17-10-11-20-50(44)65(57(46)47)55(49)35-54(48)64(53(45)33-42)56-23-14-15-26-61-56;/h10-35H,1-9H3;. The zero-order valence-corrected chi connectivity index (χ0v) is 41.7. The van der Waals surface area contributed by atoms with Crippen molar-refractivity contribution in [1.82, 2.24) is 23.1 Å². The summed E-state index contributed by atoms with van der Waals surface area (Å²) in [6.45, 7) is 20.6. The van der Waals surface area contributed by atoms with Gasteiger partial charge in [0.05, 0.1) is 16.6 Å². The van der Waals surface area contributed by atoms with Gasteiger partial charge in [-0.3, -0.25) is 0 Å². The molecule has 0 atom stereocenters. The molecule has 7 aromatic carbocycles. The molecule has 0 aliphatic rings. The van der Waals surface area contributed by atoms with Crippen molar-refractivity contribution < 1.29 is 24.1 Å².